The lowest BCUT2D eigenvalue weighted by Crippen LogP contribution is -2.25. The Balaban J connectivity index is 1.88. The van der Waals surface area contributed by atoms with Crippen LogP contribution in [0.15, 0.2) is 77.4 Å². The van der Waals surface area contributed by atoms with Crippen LogP contribution in [-0.2, 0) is 20.9 Å². The number of rotatable bonds is 5. The number of allylic oxidation sites excluding steroid dienone is 2. The van der Waals surface area contributed by atoms with Crippen molar-refractivity contribution >= 4 is 5.97 Å². The van der Waals surface area contributed by atoms with Crippen molar-refractivity contribution in [2.75, 3.05) is 7.11 Å². The third-order valence-corrected chi connectivity index (χ3v) is 4.47. The molecule has 3 rings (SSSR count). The predicted molar refractivity (Wildman–Crippen MR) is 103 cm³/mol. The highest BCUT2D eigenvalue weighted by molar-refractivity contribution is 5.92. The van der Waals surface area contributed by atoms with Crippen LogP contribution < -0.4 is 10.5 Å². The molecule has 0 spiro atoms. The van der Waals surface area contributed by atoms with E-state index in [0.29, 0.717) is 18.1 Å². The van der Waals surface area contributed by atoms with Crippen LogP contribution in [0.1, 0.15) is 24.0 Å². The van der Waals surface area contributed by atoms with Gasteiger partial charge in [0.25, 0.3) is 0 Å². The summed E-state index contributed by atoms with van der Waals surface area (Å²) in [4.78, 5) is 12.3. The average molecular weight is 376 g/mol. The lowest BCUT2D eigenvalue weighted by Gasteiger charge is -2.26. The minimum Gasteiger partial charge on any atom is -0.489 e. The van der Waals surface area contributed by atoms with E-state index in [4.69, 9.17) is 19.9 Å². The van der Waals surface area contributed by atoms with Crippen molar-refractivity contribution < 1.29 is 19.0 Å². The van der Waals surface area contributed by atoms with E-state index in [2.05, 4.69) is 0 Å². The van der Waals surface area contributed by atoms with Gasteiger partial charge in [-0.1, -0.05) is 42.5 Å². The molecule has 1 atom stereocenters. The number of benzene rings is 2. The number of hydrogen-bond acceptors (Lipinski definition) is 6. The van der Waals surface area contributed by atoms with Gasteiger partial charge in [-0.25, -0.2) is 4.79 Å². The van der Waals surface area contributed by atoms with Crippen molar-refractivity contribution in [3.8, 4) is 11.8 Å². The van der Waals surface area contributed by atoms with Crippen LogP contribution in [0.4, 0.5) is 0 Å². The molecule has 0 amide bonds. The molecule has 6 heteroatoms. The fourth-order valence-electron chi connectivity index (χ4n) is 3.09. The van der Waals surface area contributed by atoms with E-state index in [1.54, 1.807) is 31.2 Å². The van der Waals surface area contributed by atoms with E-state index in [-0.39, 0.29) is 17.0 Å². The molecule has 0 bridgehead atoms. The lowest BCUT2D eigenvalue weighted by atomic mass is 9.83. The van der Waals surface area contributed by atoms with Gasteiger partial charge in [0.15, 0.2) is 0 Å². The van der Waals surface area contributed by atoms with E-state index in [1.165, 1.54) is 7.11 Å². The SMILES string of the molecule is COC(=O)C1=C(C)OC(N)=C(C#N)C1c1ccc(OCc2ccccc2)cc1. The first-order valence-electron chi connectivity index (χ1n) is 8.68. The molecule has 0 saturated heterocycles. The normalized spacial score (nSPS) is 16.2. The maximum atomic E-state index is 12.3. The third-order valence-electron chi connectivity index (χ3n) is 4.47. The average Bonchev–Trinajstić information content (AvgIpc) is 2.72. The fraction of sp³-hybridized carbons (Fsp3) is 0.182. The van der Waals surface area contributed by atoms with E-state index in [9.17, 15) is 10.1 Å². The van der Waals surface area contributed by atoms with Gasteiger partial charge in [-0.15, -0.1) is 0 Å². The second-order valence-corrected chi connectivity index (χ2v) is 6.23. The second kappa shape index (κ2) is 8.31. The van der Waals surface area contributed by atoms with Gasteiger partial charge >= 0.3 is 5.97 Å². The predicted octanol–water partition coefficient (Wildman–Crippen LogP) is 3.52. The Bertz CT molecular complexity index is 970. The summed E-state index contributed by atoms with van der Waals surface area (Å²) in [7, 11) is 1.29. The summed E-state index contributed by atoms with van der Waals surface area (Å²) in [5.41, 5.74) is 8.08. The van der Waals surface area contributed by atoms with E-state index in [1.807, 2.05) is 36.4 Å². The molecule has 1 heterocycles. The number of nitriles is 1. The molecular formula is C22H20N2O4. The van der Waals surface area contributed by atoms with E-state index >= 15 is 0 Å². The number of carbonyl (C=O) groups is 1. The quantitative estimate of drug-likeness (QED) is 0.803. The zero-order valence-corrected chi connectivity index (χ0v) is 15.6. The Morgan fingerprint density at radius 1 is 1.18 bits per heavy atom. The van der Waals surface area contributed by atoms with Gasteiger partial charge in [-0.2, -0.15) is 5.26 Å². The zero-order valence-electron chi connectivity index (χ0n) is 15.6. The van der Waals surface area contributed by atoms with Crippen LogP contribution in [-0.4, -0.2) is 13.1 Å². The monoisotopic (exact) mass is 376 g/mol. The largest absolute Gasteiger partial charge is 0.489 e. The number of carbonyl (C=O) groups excluding carboxylic acids is 1. The molecule has 2 aromatic rings. The number of nitrogens with zero attached hydrogens (tertiary/aromatic N) is 1. The summed E-state index contributed by atoms with van der Waals surface area (Å²) < 4.78 is 16.0. The standard InChI is InChI=1S/C22H20N2O4/c1-14-19(22(25)26-2)20(18(12-23)21(24)28-14)16-8-10-17(11-9-16)27-13-15-6-4-3-5-7-15/h3-11,20H,13,24H2,1-2H3. The molecule has 0 aromatic heterocycles. The smallest absolute Gasteiger partial charge is 0.338 e. The Kier molecular flexibility index (Phi) is 5.66. The van der Waals surface area contributed by atoms with Crippen molar-refractivity contribution in [1.82, 2.24) is 0 Å². The molecule has 28 heavy (non-hydrogen) atoms. The Hall–Kier alpha value is -3.72. The summed E-state index contributed by atoms with van der Waals surface area (Å²) in [5, 5.41) is 9.55. The van der Waals surface area contributed by atoms with Crippen molar-refractivity contribution in [2.24, 2.45) is 5.73 Å². The van der Waals surface area contributed by atoms with Gasteiger partial charge in [0.1, 0.15) is 29.8 Å². The summed E-state index contributed by atoms with van der Waals surface area (Å²) in [6.07, 6.45) is 0. The Morgan fingerprint density at radius 3 is 2.46 bits per heavy atom. The summed E-state index contributed by atoms with van der Waals surface area (Å²) >= 11 is 0. The number of nitrogens with two attached hydrogens (primary N) is 1. The molecule has 0 radical (unpaired) electrons. The minimum atomic E-state index is -0.658. The maximum absolute atomic E-state index is 12.3. The van der Waals surface area contributed by atoms with E-state index in [0.717, 1.165) is 11.1 Å². The minimum absolute atomic E-state index is 0.0120. The van der Waals surface area contributed by atoms with Crippen LogP contribution in [0.5, 0.6) is 5.75 Å². The number of ether oxygens (including phenoxy) is 3. The maximum Gasteiger partial charge on any atom is 0.338 e. The van der Waals surface area contributed by atoms with Gasteiger partial charge < -0.3 is 19.9 Å². The molecule has 142 valence electrons. The molecule has 0 aliphatic carbocycles. The van der Waals surface area contributed by atoms with Gasteiger partial charge in [-0.05, 0) is 30.2 Å². The molecule has 1 aliphatic rings. The molecule has 1 unspecified atom stereocenters. The fourth-order valence-corrected chi connectivity index (χ4v) is 3.09. The first-order chi connectivity index (χ1) is 13.5. The highest BCUT2D eigenvalue weighted by Crippen LogP contribution is 2.39. The van der Waals surface area contributed by atoms with Crippen molar-refractivity contribution in [3.05, 3.63) is 88.5 Å². The highest BCUT2D eigenvalue weighted by Gasteiger charge is 2.35. The number of hydrogen-bond donors (Lipinski definition) is 1. The molecule has 2 aromatic carbocycles. The van der Waals surface area contributed by atoms with Crippen LogP contribution in [0.3, 0.4) is 0 Å². The lowest BCUT2D eigenvalue weighted by molar-refractivity contribution is -0.136. The molecular weight excluding hydrogens is 356 g/mol. The molecule has 0 saturated carbocycles. The Morgan fingerprint density at radius 2 is 1.86 bits per heavy atom. The Labute approximate surface area is 163 Å². The molecule has 0 fully saturated rings. The first-order valence-corrected chi connectivity index (χ1v) is 8.68. The molecule has 2 N–H and O–H groups in total. The third kappa shape index (κ3) is 3.84. The van der Waals surface area contributed by atoms with Gasteiger partial charge in [-0.3, -0.25) is 0 Å². The summed E-state index contributed by atoms with van der Waals surface area (Å²) in [5.74, 6) is -0.239. The molecule has 1 aliphatic heterocycles. The van der Waals surface area contributed by atoms with Crippen LogP contribution in [0, 0.1) is 11.3 Å². The van der Waals surface area contributed by atoms with Crippen LogP contribution in [0.2, 0.25) is 0 Å². The van der Waals surface area contributed by atoms with Gasteiger partial charge in [0, 0.05) is 0 Å². The zero-order chi connectivity index (χ0) is 20.1. The van der Waals surface area contributed by atoms with Crippen molar-refractivity contribution in [1.29, 1.82) is 5.26 Å². The van der Waals surface area contributed by atoms with Crippen LogP contribution in [0.25, 0.3) is 0 Å². The van der Waals surface area contributed by atoms with Crippen molar-refractivity contribution in [3.63, 3.8) is 0 Å². The number of methoxy groups -OCH3 is 1. The van der Waals surface area contributed by atoms with Gasteiger partial charge in [0.05, 0.1) is 18.6 Å². The van der Waals surface area contributed by atoms with Gasteiger partial charge in [0.2, 0.25) is 5.88 Å². The topological polar surface area (TPSA) is 94.6 Å². The van der Waals surface area contributed by atoms with E-state index < -0.39 is 11.9 Å². The second-order valence-electron chi connectivity index (χ2n) is 6.23. The van der Waals surface area contributed by atoms with Crippen LogP contribution >= 0.6 is 0 Å². The highest BCUT2D eigenvalue weighted by atomic mass is 16.5. The first kappa shape index (κ1) is 19.1. The van der Waals surface area contributed by atoms with Crippen molar-refractivity contribution in [2.45, 2.75) is 19.4 Å². The number of esters is 1. The summed E-state index contributed by atoms with van der Waals surface area (Å²) in [6.45, 7) is 2.07. The summed E-state index contributed by atoms with van der Waals surface area (Å²) in [6, 6.07) is 19.1. The molecule has 6 nitrogen and oxygen atoms in total.